The van der Waals surface area contributed by atoms with Gasteiger partial charge in [-0.25, -0.2) is 0 Å². The van der Waals surface area contributed by atoms with Gasteiger partial charge < -0.3 is 9.64 Å². The number of ether oxygens (including phenoxy) is 1. The van der Waals surface area contributed by atoms with Crippen molar-refractivity contribution in [2.45, 2.75) is 25.4 Å². The summed E-state index contributed by atoms with van der Waals surface area (Å²) < 4.78 is 44.6. The summed E-state index contributed by atoms with van der Waals surface area (Å²) in [4.78, 5) is 16.6. The van der Waals surface area contributed by atoms with Crippen LogP contribution < -0.4 is 0 Å². The monoisotopic (exact) mass is 370 g/mol. The average Bonchev–Trinajstić information content (AvgIpc) is 2.63. The molecule has 3 rings (SSSR count). The number of likely N-dealkylation sites (tertiary alicyclic amines) is 1. The zero-order valence-corrected chi connectivity index (χ0v) is 14.8. The maximum absolute atomic E-state index is 13.1. The first-order valence-corrected chi connectivity index (χ1v) is 9.16. The highest BCUT2D eigenvalue weighted by Crippen LogP contribution is 2.32. The molecule has 0 atom stereocenters. The number of piperidine rings is 1. The molecule has 2 saturated heterocycles. The Balaban J connectivity index is 1.51. The van der Waals surface area contributed by atoms with Crippen LogP contribution in [-0.2, 0) is 22.1 Å². The van der Waals surface area contributed by atoms with E-state index in [1.807, 2.05) is 0 Å². The van der Waals surface area contributed by atoms with Gasteiger partial charge in [0, 0.05) is 32.7 Å². The van der Waals surface area contributed by atoms with E-state index >= 15 is 0 Å². The Morgan fingerprint density at radius 1 is 1.08 bits per heavy atom. The van der Waals surface area contributed by atoms with Gasteiger partial charge in [0.1, 0.15) is 0 Å². The van der Waals surface area contributed by atoms with Crippen LogP contribution in [0.3, 0.4) is 0 Å². The fourth-order valence-electron chi connectivity index (χ4n) is 3.74. The third kappa shape index (κ3) is 4.98. The number of hydrogen-bond acceptors (Lipinski definition) is 3. The normalized spacial score (nSPS) is 20.3. The minimum Gasteiger partial charge on any atom is -0.379 e. The fraction of sp³-hybridized carbons (Fsp3) is 0.632. The lowest BCUT2D eigenvalue weighted by Crippen LogP contribution is -2.44. The molecule has 2 aliphatic rings. The van der Waals surface area contributed by atoms with E-state index in [0.29, 0.717) is 19.0 Å². The van der Waals surface area contributed by atoms with Crippen LogP contribution in [0.15, 0.2) is 24.3 Å². The summed E-state index contributed by atoms with van der Waals surface area (Å²) >= 11 is 0. The van der Waals surface area contributed by atoms with E-state index in [1.165, 1.54) is 12.1 Å². The molecule has 2 heterocycles. The SMILES string of the molecule is O=C(Cc1ccccc1C(F)(F)F)N1CCC(CN2CCOCC2)CC1. The van der Waals surface area contributed by atoms with Crippen LogP contribution in [0, 0.1) is 5.92 Å². The van der Waals surface area contributed by atoms with Crippen LogP contribution in [0.2, 0.25) is 0 Å². The predicted molar refractivity (Wildman–Crippen MR) is 91.7 cm³/mol. The summed E-state index contributed by atoms with van der Waals surface area (Å²) in [6.45, 7) is 5.72. The van der Waals surface area contributed by atoms with Crippen LogP contribution in [0.4, 0.5) is 13.2 Å². The molecule has 0 spiro atoms. The van der Waals surface area contributed by atoms with Crippen molar-refractivity contribution < 1.29 is 22.7 Å². The van der Waals surface area contributed by atoms with Gasteiger partial charge in [-0.05, 0) is 30.4 Å². The quantitative estimate of drug-likeness (QED) is 0.817. The van der Waals surface area contributed by atoms with Crippen molar-refractivity contribution in [1.82, 2.24) is 9.80 Å². The molecular formula is C19H25F3N2O2. The van der Waals surface area contributed by atoms with E-state index in [-0.39, 0.29) is 17.9 Å². The molecular weight excluding hydrogens is 345 g/mol. The fourth-order valence-corrected chi connectivity index (χ4v) is 3.74. The van der Waals surface area contributed by atoms with Crippen molar-refractivity contribution in [3.63, 3.8) is 0 Å². The van der Waals surface area contributed by atoms with Crippen molar-refractivity contribution in [3.8, 4) is 0 Å². The second-order valence-corrected chi connectivity index (χ2v) is 7.07. The van der Waals surface area contributed by atoms with E-state index < -0.39 is 11.7 Å². The molecule has 0 aliphatic carbocycles. The number of alkyl halides is 3. The number of benzene rings is 1. The number of carbonyl (C=O) groups excluding carboxylic acids is 1. The van der Waals surface area contributed by atoms with Crippen molar-refractivity contribution in [2.24, 2.45) is 5.92 Å². The Kier molecular flexibility index (Phi) is 6.19. The third-order valence-electron chi connectivity index (χ3n) is 5.25. The van der Waals surface area contributed by atoms with E-state index in [4.69, 9.17) is 4.74 Å². The number of carbonyl (C=O) groups is 1. The summed E-state index contributed by atoms with van der Waals surface area (Å²) in [5.41, 5.74) is -0.656. The summed E-state index contributed by atoms with van der Waals surface area (Å²) in [7, 11) is 0. The third-order valence-corrected chi connectivity index (χ3v) is 5.25. The molecule has 0 radical (unpaired) electrons. The molecule has 0 bridgehead atoms. The first kappa shape index (κ1) is 19.2. The largest absolute Gasteiger partial charge is 0.416 e. The number of halogens is 3. The van der Waals surface area contributed by atoms with Gasteiger partial charge >= 0.3 is 6.18 Å². The standard InChI is InChI=1S/C19H25F3N2O2/c20-19(21,22)17-4-2-1-3-16(17)13-18(25)24-7-5-15(6-8-24)14-23-9-11-26-12-10-23/h1-4,15H,5-14H2. The summed E-state index contributed by atoms with van der Waals surface area (Å²) in [5, 5.41) is 0. The maximum atomic E-state index is 13.1. The Hall–Kier alpha value is -1.60. The summed E-state index contributed by atoms with van der Waals surface area (Å²) in [6, 6.07) is 5.34. The molecule has 26 heavy (non-hydrogen) atoms. The number of morpholine rings is 1. The van der Waals surface area contributed by atoms with Crippen LogP contribution >= 0.6 is 0 Å². The van der Waals surface area contributed by atoms with Gasteiger partial charge in [0.15, 0.2) is 0 Å². The van der Waals surface area contributed by atoms with Gasteiger partial charge in [-0.2, -0.15) is 13.2 Å². The molecule has 1 amide bonds. The van der Waals surface area contributed by atoms with E-state index in [0.717, 1.165) is 51.8 Å². The molecule has 2 fully saturated rings. The van der Waals surface area contributed by atoms with Gasteiger partial charge in [0.25, 0.3) is 0 Å². The summed E-state index contributed by atoms with van der Waals surface area (Å²) in [5.74, 6) is 0.325. The molecule has 0 unspecified atom stereocenters. The van der Waals surface area contributed by atoms with Gasteiger partial charge in [-0.3, -0.25) is 9.69 Å². The highest BCUT2D eigenvalue weighted by atomic mass is 19.4. The number of rotatable bonds is 4. The molecule has 4 nitrogen and oxygen atoms in total. The molecule has 7 heteroatoms. The van der Waals surface area contributed by atoms with Crippen molar-refractivity contribution in [2.75, 3.05) is 45.9 Å². The Bertz CT molecular complexity index is 607. The molecule has 0 saturated carbocycles. The van der Waals surface area contributed by atoms with Crippen molar-refractivity contribution >= 4 is 5.91 Å². The first-order valence-electron chi connectivity index (χ1n) is 9.16. The lowest BCUT2D eigenvalue weighted by molar-refractivity contribution is -0.138. The lowest BCUT2D eigenvalue weighted by atomic mass is 9.95. The number of nitrogens with zero attached hydrogens (tertiary/aromatic N) is 2. The maximum Gasteiger partial charge on any atom is 0.416 e. The Labute approximate surface area is 151 Å². The average molecular weight is 370 g/mol. The minimum atomic E-state index is -4.43. The highest BCUT2D eigenvalue weighted by Gasteiger charge is 2.34. The molecule has 1 aromatic rings. The minimum absolute atomic E-state index is 0.0560. The predicted octanol–water partition coefficient (Wildman–Crippen LogP) is 2.82. The molecule has 1 aromatic carbocycles. The molecule has 144 valence electrons. The Morgan fingerprint density at radius 3 is 2.38 bits per heavy atom. The smallest absolute Gasteiger partial charge is 0.379 e. The number of hydrogen-bond donors (Lipinski definition) is 0. The van der Waals surface area contributed by atoms with Gasteiger partial charge in [0.05, 0.1) is 25.2 Å². The van der Waals surface area contributed by atoms with Crippen LogP contribution in [-0.4, -0.2) is 61.6 Å². The van der Waals surface area contributed by atoms with Crippen LogP contribution in [0.25, 0.3) is 0 Å². The topological polar surface area (TPSA) is 32.8 Å². The zero-order valence-electron chi connectivity index (χ0n) is 14.8. The zero-order chi connectivity index (χ0) is 18.6. The highest BCUT2D eigenvalue weighted by molar-refractivity contribution is 5.79. The van der Waals surface area contributed by atoms with Crippen LogP contribution in [0.5, 0.6) is 0 Å². The number of amides is 1. The van der Waals surface area contributed by atoms with E-state index in [1.54, 1.807) is 11.0 Å². The van der Waals surface area contributed by atoms with Gasteiger partial charge in [-0.15, -0.1) is 0 Å². The molecule has 0 aromatic heterocycles. The first-order chi connectivity index (χ1) is 12.4. The van der Waals surface area contributed by atoms with E-state index in [9.17, 15) is 18.0 Å². The van der Waals surface area contributed by atoms with Crippen LogP contribution in [0.1, 0.15) is 24.0 Å². The summed E-state index contributed by atoms with van der Waals surface area (Å²) in [6.07, 6.45) is -2.81. The van der Waals surface area contributed by atoms with Gasteiger partial charge in [-0.1, -0.05) is 18.2 Å². The van der Waals surface area contributed by atoms with Crippen molar-refractivity contribution in [3.05, 3.63) is 35.4 Å². The second-order valence-electron chi connectivity index (χ2n) is 7.07. The lowest BCUT2D eigenvalue weighted by Gasteiger charge is -2.36. The Morgan fingerprint density at radius 2 is 1.73 bits per heavy atom. The molecule has 2 aliphatic heterocycles. The van der Waals surface area contributed by atoms with E-state index in [2.05, 4.69) is 4.90 Å². The van der Waals surface area contributed by atoms with Crippen molar-refractivity contribution in [1.29, 1.82) is 0 Å². The second kappa shape index (κ2) is 8.39. The molecule has 0 N–H and O–H groups in total. The van der Waals surface area contributed by atoms with Gasteiger partial charge in [0.2, 0.25) is 5.91 Å².